The lowest BCUT2D eigenvalue weighted by Gasteiger charge is -2.11. The predicted octanol–water partition coefficient (Wildman–Crippen LogP) is 2.47. The molecule has 1 aromatic carbocycles. The topological polar surface area (TPSA) is 50.4 Å². The molecule has 0 radical (unpaired) electrons. The zero-order valence-electron chi connectivity index (χ0n) is 11.0. The third-order valence-corrected chi connectivity index (χ3v) is 3.22. The van der Waals surface area contributed by atoms with Gasteiger partial charge in [0.05, 0.1) is 7.11 Å². The first-order valence-corrected chi connectivity index (χ1v) is 6.48. The molecule has 2 rings (SSSR count). The smallest absolute Gasteiger partial charge is 0.246 e. The average Bonchev–Trinajstić information content (AvgIpc) is 2.70. The molecule has 2 N–H and O–H groups in total. The normalized spacial score (nSPS) is 17.4. The van der Waals surface area contributed by atoms with Gasteiger partial charge in [0.25, 0.3) is 0 Å². The van der Waals surface area contributed by atoms with Crippen LogP contribution in [0, 0.1) is 0 Å². The molecule has 1 aromatic rings. The van der Waals surface area contributed by atoms with E-state index in [2.05, 4.69) is 17.6 Å². The zero-order chi connectivity index (χ0) is 13.0. The van der Waals surface area contributed by atoms with Gasteiger partial charge < -0.3 is 15.4 Å². The molecule has 0 saturated heterocycles. The van der Waals surface area contributed by atoms with E-state index < -0.39 is 0 Å². The summed E-state index contributed by atoms with van der Waals surface area (Å²) in [7, 11) is 1.63. The van der Waals surface area contributed by atoms with Crippen molar-refractivity contribution in [3.8, 4) is 5.75 Å². The number of carbonyl (C=O) groups is 1. The van der Waals surface area contributed by atoms with Gasteiger partial charge in [0.15, 0.2) is 0 Å². The van der Waals surface area contributed by atoms with Crippen LogP contribution in [-0.2, 0) is 4.79 Å². The summed E-state index contributed by atoms with van der Waals surface area (Å²) in [6.45, 7) is 3.03. The highest BCUT2D eigenvalue weighted by Crippen LogP contribution is 2.33. The van der Waals surface area contributed by atoms with Crippen molar-refractivity contribution >= 4 is 11.6 Å². The van der Waals surface area contributed by atoms with Crippen LogP contribution in [-0.4, -0.2) is 19.6 Å². The largest absolute Gasteiger partial charge is 0.497 e. The molecule has 1 aliphatic rings. The molecule has 1 heterocycles. The Kier molecular flexibility index (Phi) is 4.20. The van der Waals surface area contributed by atoms with Crippen molar-refractivity contribution in [2.75, 3.05) is 19.0 Å². The lowest BCUT2D eigenvalue weighted by Crippen LogP contribution is -2.28. The summed E-state index contributed by atoms with van der Waals surface area (Å²) in [6, 6.07) is 5.43. The van der Waals surface area contributed by atoms with Crippen LogP contribution in [0.5, 0.6) is 5.75 Å². The van der Waals surface area contributed by atoms with E-state index in [4.69, 9.17) is 4.74 Å². The molecule has 18 heavy (non-hydrogen) atoms. The van der Waals surface area contributed by atoms with Gasteiger partial charge in [-0.1, -0.05) is 19.8 Å². The first-order valence-electron chi connectivity index (χ1n) is 6.48. The third kappa shape index (κ3) is 2.64. The number of fused-ring (bicyclic) bond motifs is 1. The Hall–Kier alpha value is -1.55. The first kappa shape index (κ1) is 12.9. The maximum Gasteiger partial charge on any atom is 0.246 e. The summed E-state index contributed by atoms with van der Waals surface area (Å²) in [5.41, 5.74) is 1.87. The van der Waals surface area contributed by atoms with E-state index in [0.29, 0.717) is 0 Å². The first-order chi connectivity index (χ1) is 8.76. The maximum atomic E-state index is 11.9. The quantitative estimate of drug-likeness (QED) is 0.760. The van der Waals surface area contributed by atoms with Gasteiger partial charge >= 0.3 is 0 Å². The maximum absolute atomic E-state index is 11.9. The van der Waals surface area contributed by atoms with E-state index in [1.54, 1.807) is 7.11 Å². The molecule has 0 aromatic heterocycles. The molecule has 4 nitrogen and oxygen atoms in total. The van der Waals surface area contributed by atoms with Crippen molar-refractivity contribution in [3.63, 3.8) is 0 Å². The van der Waals surface area contributed by atoms with Gasteiger partial charge in [-0.3, -0.25) is 4.79 Å². The Labute approximate surface area is 108 Å². The van der Waals surface area contributed by atoms with Crippen molar-refractivity contribution < 1.29 is 9.53 Å². The molecule has 1 atom stereocenters. The Morgan fingerprint density at radius 3 is 2.94 bits per heavy atom. The van der Waals surface area contributed by atoms with Gasteiger partial charge in [-0.2, -0.15) is 0 Å². The fourth-order valence-corrected chi connectivity index (χ4v) is 2.19. The van der Waals surface area contributed by atoms with E-state index in [9.17, 15) is 4.79 Å². The minimum absolute atomic E-state index is 0.0229. The summed E-state index contributed by atoms with van der Waals surface area (Å²) < 4.78 is 5.20. The number of hydrogen-bond acceptors (Lipinski definition) is 3. The highest BCUT2D eigenvalue weighted by Gasteiger charge is 2.30. The molecule has 0 saturated carbocycles. The number of unbranched alkanes of at least 4 members (excludes halogenated alkanes) is 2. The molecule has 1 amide bonds. The fraction of sp³-hybridized carbons (Fsp3) is 0.500. The van der Waals surface area contributed by atoms with Crippen molar-refractivity contribution in [1.29, 1.82) is 0 Å². The Bertz CT molecular complexity index is 432. The van der Waals surface area contributed by atoms with Crippen molar-refractivity contribution in [3.05, 3.63) is 23.8 Å². The van der Waals surface area contributed by atoms with Crippen molar-refractivity contribution in [2.24, 2.45) is 0 Å². The summed E-state index contributed by atoms with van der Waals surface area (Å²) in [4.78, 5) is 11.9. The predicted molar refractivity (Wildman–Crippen MR) is 71.9 cm³/mol. The number of anilines is 1. The molecule has 0 fully saturated rings. The number of benzene rings is 1. The fourth-order valence-electron chi connectivity index (χ4n) is 2.19. The van der Waals surface area contributed by atoms with Gasteiger partial charge in [-0.25, -0.2) is 0 Å². The second-order valence-corrected chi connectivity index (χ2v) is 4.54. The highest BCUT2D eigenvalue weighted by atomic mass is 16.5. The van der Waals surface area contributed by atoms with E-state index in [0.717, 1.165) is 30.0 Å². The van der Waals surface area contributed by atoms with Gasteiger partial charge in [-0.15, -0.1) is 0 Å². The van der Waals surface area contributed by atoms with Crippen LogP contribution in [0.15, 0.2) is 18.2 Å². The molecular weight excluding hydrogens is 228 g/mol. The molecule has 1 unspecified atom stereocenters. The van der Waals surface area contributed by atoms with Crippen LogP contribution in [0.1, 0.15) is 37.8 Å². The Balaban J connectivity index is 2.06. The van der Waals surface area contributed by atoms with E-state index in [1.165, 1.54) is 12.8 Å². The second kappa shape index (κ2) is 5.87. The Morgan fingerprint density at radius 2 is 2.22 bits per heavy atom. The third-order valence-electron chi connectivity index (χ3n) is 3.22. The van der Waals surface area contributed by atoms with Crippen molar-refractivity contribution in [1.82, 2.24) is 5.32 Å². The summed E-state index contributed by atoms with van der Waals surface area (Å²) in [5, 5.41) is 6.19. The van der Waals surface area contributed by atoms with E-state index in [1.807, 2.05) is 18.2 Å². The lowest BCUT2D eigenvalue weighted by atomic mass is 10.1. The Morgan fingerprint density at radius 1 is 1.39 bits per heavy atom. The number of hydrogen-bond donors (Lipinski definition) is 2. The second-order valence-electron chi connectivity index (χ2n) is 4.54. The zero-order valence-corrected chi connectivity index (χ0v) is 11.0. The molecule has 1 aliphatic heterocycles. The molecule has 0 aliphatic carbocycles. The molecule has 98 valence electrons. The van der Waals surface area contributed by atoms with Crippen LogP contribution in [0.4, 0.5) is 5.69 Å². The summed E-state index contributed by atoms with van der Waals surface area (Å²) in [6.07, 6.45) is 3.47. The summed E-state index contributed by atoms with van der Waals surface area (Å²) in [5.74, 6) is 0.806. The van der Waals surface area contributed by atoms with Gasteiger partial charge in [0.2, 0.25) is 5.91 Å². The number of nitrogens with one attached hydrogen (secondary N) is 2. The van der Waals surface area contributed by atoms with Crippen LogP contribution in [0.25, 0.3) is 0 Å². The van der Waals surface area contributed by atoms with Gasteiger partial charge in [0, 0.05) is 11.3 Å². The standard InChI is InChI=1S/C14H20N2O2/c1-3-4-5-8-15-13-11-9-10(18-2)6-7-12(11)16-14(13)17/h6-7,9,13,15H,3-5,8H2,1-2H3,(H,16,17). The molecule has 0 spiro atoms. The van der Waals surface area contributed by atoms with Crippen molar-refractivity contribution in [2.45, 2.75) is 32.2 Å². The van der Waals surface area contributed by atoms with Crippen LogP contribution < -0.4 is 15.4 Å². The average molecular weight is 248 g/mol. The number of ether oxygens (including phenoxy) is 1. The minimum atomic E-state index is -0.244. The molecular formula is C14H20N2O2. The highest BCUT2D eigenvalue weighted by molar-refractivity contribution is 6.02. The lowest BCUT2D eigenvalue weighted by molar-refractivity contribution is -0.117. The van der Waals surface area contributed by atoms with E-state index >= 15 is 0 Å². The number of rotatable bonds is 6. The molecule has 4 heteroatoms. The minimum Gasteiger partial charge on any atom is -0.497 e. The van der Waals surface area contributed by atoms with Gasteiger partial charge in [-0.05, 0) is 31.2 Å². The number of methoxy groups -OCH3 is 1. The monoisotopic (exact) mass is 248 g/mol. The number of amides is 1. The van der Waals surface area contributed by atoms with Crippen LogP contribution in [0.3, 0.4) is 0 Å². The SMILES string of the molecule is CCCCCNC1C(=O)Nc2ccc(OC)cc21. The number of carbonyl (C=O) groups excluding carboxylic acids is 1. The van der Waals surface area contributed by atoms with Gasteiger partial charge in [0.1, 0.15) is 11.8 Å². The van der Waals surface area contributed by atoms with E-state index in [-0.39, 0.29) is 11.9 Å². The van der Waals surface area contributed by atoms with Crippen LogP contribution >= 0.6 is 0 Å². The molecule has 0 bridgehead atoms. The summed E-state index contributed by atoms with van der Waals surface area (Å²) >= 11 is 0. The van der Waals surface area contributed by atoms with Crippen LogP contribution in [0.2, 0.25) is 0 Å².